The van der Waals surface area contributed by atoms with Crippen LogP contribution in [0.5, 0.6) is 11.5 Å². The summed E-state index contributed by atoms with van der Waals surface area (Å²) < 4.78 is 90.9. The minimum absolute atomic E-state index is 0.0616. The fraction of sp³-hybridized carbons (Fsp3) is 0.174. The SMILES string of the molecule is COc1ccc(S(=O)(=O)N(CC(=O)Nc2ccc(Cl)c(C(F)(F)F)c2)c2ccc(F)cc2)cc1OC. The number of anilines is 2. The second-order valence-electron chi connectivity index (χ2n) is 7.25. The fourth-order valence-electron chi connectivity index (χ4n) is 3.18. The van der Waals surface area contributed by atoms with E-state index in [2.05, 4.69) is 5.32 Å². The highest BCUT2D eigenvalue weighted by Crippen LogP contribution is 2.36. The maximum absolute atomic E-state index is 13.5. The number of rotatable bonds is 8. The Morgan fingerprint density at radius 2 is 1.61 bits per heavy atom. The average molecular weight is 547 g/mol. The number of hydrogen-bond donors (Lipinski definition) is 1. The lowest BCUT2D eigenvalue weighted by molar-refractivity contribution is -0.137. The molecule has 0 aromatic heterocycles. The molecular formula is C23H19ClF4N2O5S. The molecule has 3 aromatic carbocycles. The van der Waals surface area contributed by atoms with Crippen LogP contribution in [0.25, 0.3) is 0 Å². The highest BCUT2D eigenvalue weighted by molar-refractivity contribution is 7.92. The van der Waals surface area contributed by atoms with E-state index in [9.17, 15) is 30.8 Å². The van der Waals surface area contributed by atoms with E-state index >= 15 is 0 Å². The monoisotopic (exact) mass is 546 g/mol. The molecular weight excluding hydrogens is 528 g/mol. The van der Waals surface area contributed by atoms with Crippen molar-refractivity contribution in [2.24, 2.45) is 0 Å². The van der Waals surface area contributed by atoms with Crippen LogP contribution in [0, 0.1) is 5.82 Å². The van der Waals surface area contributed by atoms with Gasteiger partial charge in [-0.25, -0.2) is 12.8 Å². The number of carbonyl (C=O) groups excluding carboxylic acids is 1. The largest absolute Gasteiger partial charge is 0.493 e. The summed E-state index contributed by atoms with van der Waals surface area (Å²) in [4.78, 5) is 12.5. The van der Waals surface area contributed by atoms with Crippen LogP contribution in [0.15, 0.2) is 65.6 Å². The van der Waals surface area contributed by atoms with Crippen LogP contribution in [0.3, 0.4) is 0 Å². The van der Waals surface area contributed by atoms with Gasteiger partial charge >= 0.3 is 6.18 Å². The number of carbonyl (C=O) groups is 1. The molecule has 0 saturated heterocycles. The second kappa shape index (κ2) is 10.6. The third-order valence-electron chi connectivity index (χ3n) is 4.90. The van der Waals surface area contributed by atoms with Gasteiger partial charge in [-0.2, -0.15) is 13.2 Å². The number of nitrogens with one attached hydrogen (secondary N) is 1. The molecule has 0 aliphatic carbocycles. The van der Waals surface area contributed by atoms with Gasteiger partial charge in [0.05, 0.1) is 35.4 Å². The maximum atomic E-state index is 13.5. The molecule has 13 heteroatoms. The van der Waals surface area contributed by atoms with Gasteiger partial charge in [-0.15, -0.1) is 0 Å². The Labute approximate surface area is 209 Å². The van der Waals surface area contributed by atoms with Gasteiger partial charge in [-0.1, -0.05) is 11.6 Å². The molecule has 3 rings (SSSR count). The van der Waals surface area contributed by atoms with E-state index in [-0.39, 0.29) is 27.8 Å². The molecule has 0 radical (unpaired) electrons. The van der Waals surface area contributed by atoms with Crippen molar-refractivity contribution in [3.63, 3.8) is 0 Å². The van der Waals surface area contributed by atoms with Gasteiger partial charge in [0.1, 0.15) is 12.4 Å². The third-order valence-corrected chi connectivity index (χ3v) is 7.00. The summed E-state index contributed by atoms with van der Waals surface area (Å²) in [5, 5.41) is 1.67. The molecule has 7 nitrogen and oxygen atoms in total. The predicted molar refractivity (Wildman–Crippen MR) is 126 cm³/mol. The van der Waals surface area contributed by atoms with Crippen LogP contribution >= 0.6 is 11.6 Å². The highest BCUT2D eigenvalue weighted by Gasteiger charge is 2.34. The Kier molecular flexibility index (Phi) is 7.99. The molecule has 0 fully saturated rings. The van der Waals surface area contributed by atoms with Crippen molar-refractivity contribution in [1.82, 2.24) is 0 Å². The van der Waals surface area contributed by atoms with Gasteiger partial charge in [0, 0.05) is 11.8 Å². The number of alkyl halides is 3. The van der Waals surface area contributed by atoms with E-state index < -0.39 is 45.1 Å². The zero-order chi connectivity index (χ0) is 26.7. The molecule has 0 saturated carbocycles. The van der Waals surface area contributed by atoms with Crippen molar-refractivity contribution < 1.29 is 40.2 Å². The zero-order valence-electron chi connectivity index (χ0n) is 18.8. The average Bonchev–Trinajstić information content (AvgIpc) is 2.83. The van der Waals surface area contributed by atoms with Gasteiger partial charge in [0.15, 0.2) is 11.5 Å². The summed E-state index contributed by atoms with van der Waals surface area (Å²) in [7, 11) is -1.77. The molecule has 0 aliphatic heterocycles. The van der Waals surface area contributed by atoms with Crippen LogP contribution in [0.4, 0.5) is 28.9 Å². The minimum Gasteiger partial charge on any atom is -0.493 e. The van der Waals surface area contributed by atoms with E-state index in [0.29, 0.717) is 10.4 Å². The number of ether oxygens (including phenoxy) is 2. The standard InChI is InChI=1S/C23H19ClF4N2O5S/c1-34-20-10-8-17(12-21(20)35-2)36(32,33)30(16-6-3-14(25)4-7-16)13-22(31)29-15-5-9-19(24)18(11-15)23(26,27)28/h3-12H,13H2,1-2H3,(H,29,31). The van der Waals surface area contributed by atoms with Crippen molar-refractivity contribution in [3.8, 4) is 11.5 Å². The highest BCUT2D eigenvalue weighted by atomic mass is 35.5. The summed E-state index contributed by atoms with van der Waals surface area (Å²) in [6.45, 7) is -0.841. The molecule has 0 unspecified atom stereocenters. The predicted octanol–water partition coefficient (Wildman–Crippen LogP) is 5.35. The first-order chi connectivity index (χ1) is 16.9. The van der Waals surface area contributed by atoms with Crippen molar-refractivity contribution >= 4 is 38.9 Å². The normalized spacial score (nSPS) is 11.6. The van der Waals surface area contributed by atoms with Crippen LogP contribution in [-0.2, 0) is 21.0 Å². The molecule has 0 bridgehead atoms. The van der Waals surface area contributed by atoms with Crippen molar-refractivity contribution in [3.05, 3.63) is 77.1 Å². The molecule has 36 heavy (non-hydrogen) atoms. The molecule has 0 atom stereocenters. The lowest BCUT2D eigenvalue weighted by Gasteiger charge is -2.24. The smallest absolute Gasteiger partial charge is 0.417 e. The summed E-state index contributed by atoms with van der Waals surface area (Å²) in [5.41, 5.74) is -1.48. The van der Waals surface area contributed by atoms with Crippen LogP contribution < -0.4 is 19.1 Å². The minimum atomic E-state index is -4.77. The van der Waals surface area contributed by atoms with Crippen LogP contribution in [0.1, 0.15) is 5.56 Å². The van der Waals surface area contributed by atoms with Crippen molar-refractivity contribution in [2.75, 3.05) is 30.4 Å². The van der Waals surface area contributed by atoms with E-state index in [0.717, 1.165) is 36.4 Å². The number of benzene rings is 3. The van der Waals surface area contributed by atoms with Gasteiger partial charge in [0.2, 0.25) is 5.91 Å². The molecule has 3 aromatic rings. The maximum Gasteiger partial charge on any atom is 0.417 e. The third kappa shape index (κ3) is 6.00. The van der Waals surface area contributed by atoms with E-state index in [1.807, 2.05) is 0 Å². The van der Waals surface area contributed by atoms with Gasteiger partial charge in [-0.05, 0) is 54.6 Å². The molecule has 0 spiro atoms. The molecule has 0 aliphatic rings. The summed E-state index contributed by atoms with van der Waals surface area (Å²) >= 11 is 5.60. The zero-order valence-corrected chi connectivity index (χ0v) is 20.3. The first-order valence-electron chi connectivity index (χ1n) is 10.0. The quantitative estimate of drug-likeness (QED) is 0.385. The van der Waals surface area contributed by atoms with E-state index in [4.69, 9.17) is 21.1 Å². The Hall–Kier alpha value is -3.51. The summed E-state index contributed by atoms with van der Waals surface area (Å²) in [6, 6.07) is 10.8. The lowest BCUT2D eigenvalue weighted by atomic mass is 10.2. The fourth-order valence-corrected chi connectivity index (χ4v) is 4.84. The number of methoxy groups -OCH3 is 2. The second-order valence-corrected chi connectivity index (χ2v) is 9.51. The number of hydrogen-bond acceptors (Lipinski definition) is 5. The van der Waals surface area contributed by atoms with Gasteiger partial charge in [-0.3, -0.25) is 9.10 Å². The van der Waals surface area contributed by atoms with Gasteiger partial charge < -0.3 is 14.8 Å². The van der Waals surface area contributed by atoms with E-state index in [1.54, 1.807) is 0 Å². The Morgan fingerprint density at radius 3 is 2.19 bits per heavy atom. The lowest BCUT2D eigenvalue weighted by Crippen LogP contribution is -2.38. The van der Waals surface area contributed by atoms with Gasteiger partial charge in [0.25, 0.3) is 10.0 Å². The Balaban J connectivity index is 1.98. The first-order valence-corrected chi connectivity index (χ1v) is 11.9. The number of sulfonamides is 1. The molecule has 1 N–H and O–H groups in total. The first kappa shape index (κ1) is 27.1. The van der Waals surface area contributed by atoms with Crippen LogP contribution in [-0.4, -0.2) is 35.1 Å². The Morgan fingerprint density at radius 1 is 0.972 bits per heavy atom. The number of halogens is 5. The van der Waals surface area contributed by atoms with Crippen molar-refractivity contribution in [1.29, 1.82) is 0 Å². The summed E-state index contributed by atoms with van der Waals surface area (Å²) in [5.74, 6) is -1.25. The molecule has 192 valence electrons. The Bertz CT molecular complexity index is 1370. The van der Waals surface area contributed by atoms with Crippen LogP contribution in [0.2, 0.25) is 5.02 Å². The number of nitrogens with zero attached hydrogens (tertiary/aromatic N) is 1. The molecule has 0 heterocycles. The topological polar surface area (TPSA) is 84.9 Å². The number of amides is 1. The summed E-state index contributed by atoms with van der Waals surface area (Å²) in [6.07, 6.45) is -4.77. The van der Waals surface area contributed by atoms with Crippen molar-refractivity contribution in [2.45, 2.75) is 11.1 Å². The van der Waals surface area contributed by atoms with E-state index in [1.165, 1.54) is 32.4 Å². The molecule has 1 amide bonds.